The summed E-state index contributed by atoms with van der Waals surface area (Å²) >= 11 is 6.90. The van der Waals surface area contributed by atoms with Gasteiger partial charge in [0.15, 0.2) is 5.82 Å². The number of piperazine rings is 1. The first-order chi connectivity index (χ1) is 22.3. The van der Waals surface area contributed by atoms with Crippen molar-refractivity contribution in [2.45, 2.75) is 77.6 Å². The second-order valence-electron chi connectivity index (χ2n) is 13.9. The Labute approximate surface area is 280 Å². The van der Waals surface area contributed by atoms with E-state index in [1.807, 2.05) is 49.9 Å². The smallest absolute Gasteiger partial charge is 0.410 e. The lowest BCUT2D eigenvalue weighted by molar-refractivity contribution is 0.0122. The molecule has 47 heavy (non-hydrogen) atoms. The van der Waals surface area contributed by atoms with E-state index < -0.39 is 11.4 Å². The molecule has 6 rings (SSSR count). The summed E-state index contributed by atoms with van der Waals surface area (Å²) in [7, 11) is 2.06. The van der Waals surface area contributed by atoms with Gasteiger partial charge in [0.25, 0.3) is 0 Å². The molecule has 1 amide bonds. The normalized spacial score (nSPS) is 18.2. The molecule has 0 radical (unpaired) electrons. The summed E-state index contributed by atoms with van der Waals surface area (Å²) in [4.78, 5) is 28.7. The van der Waals surface area contributed by atoms with E-state index >= 15 is 4.39 Å². The van der Waals surface area contributed by atoms with Crippen LogP contribution in [0.1, 0.15) is 53.9 Å². The van der Waals surface area contributed by atoms with Crippen molar-refractivity contribution < 1.29 is 23.8 Å². The van der Waals surface area contributed by atoms with E-state index in [2.05, 4.69) is 35.7 Å². The van der Waals surface area contributed by atoms with Gasteiger partial charge in [0.1, 0.15) is 22.7 Å². The number of phenolic OH excluding ortho intramolecular Hbond substituents is 1. The Bertz CT molecular complexity index is 1800. The van der Waals surface area contributed by atoms with E-state index in [1.165, 1.54) is 6.07 Å². The van der Waals surface area contributed by atoms with Gasteiger partial charge >= 0.3 is 12.1 Å². The van der Waals surface area contributed by atoms with Gasteiger partial charge in [0, 0.05) is 36.6 Å². The third-order valence-electron chi connectivity index (χ3n) is 9.11. The fraction of sp³-hybridized carbons (Fsp3) is 0.472. The molecule has 2 bridgehead atoms. The number of fused-ring (bicyclic) bond motifs is 4. The predicted molar refractivity (Wildman–Crippen MR) is 184 cm³/mol. The number of hydrogen-bond donors (Lipinski definition) is 1. The van der Waals surface area contributed by atoms with Crippen LogP contribution in [0.15, 0.2) is 42.5 Å². The molecule has 3 heterocycles. The van der Waals surface area contributed by atoms with Crippen molar-refractivity contribution in [1.29, 1.82) is 0 Å². The van der Waals surface area contributed by atoms with Gasteiger partial charge in [-0.3, -0.25) is 4.90 Å². The van der Waals surface area contributed by atoms with Crippen LogP contribution in [0.25, 0.3) is 32.8 Å². The summed E-state index contributed by atoms with van der Waals surface area (Å²) in [5.41, 5.74) is 0.0983. The summed E-state index contributed by atoms with van der Waals surface area (Å²) in [5, 5.41) is 12.7. The number of halogens is 2. The van der Waals surface area contributed by atoms with Crippen LogP contribution in [0, 0.1) is 5.82 Å². The lowest BCUT2D eigenvalue weighted by Gasteiger charge is -2.42. The first kappa shape index (κ1) is 33.0. The molecule has 2 aliphatic rings. The van der Waals surface area contributed by atoms with Crippen molar-refractivity contribution in [3.63, 3.8) is 0 Å². The minimum atomic E-state index is -0.619. The zero-order valence-electron chi connectivity index (χ0n) is 27.9. The number of rotatable bonds is 8. The largest absolute Gasteiger partial charge is 0.508 e. The van der Waals surface area contributed by atoms with Crippen LogP contribution < -0.4 is 9.64 Å². The summed E-state index contributed by atoms with van der Waals surface area (Å²) in [6.45, 7) is 12.1. The second kappa shape index (κ2) is 13.0. The third-order valence-corrected chi connectivity index (χ3v) is 9.41. The number of aromatic hydroxyl groups is 1. The van der Waals surface area contributed by atoms with Crippen molar-refractivity contribution in [3.8, 4) is 22.9 Å². The highest BCUT2D eigenvalue weighted by atomic mass is 35.5. The number of ether oxygens (including phenoxy) is 2. The molecule has 2 fully saturated rings. The van der Waals surface area contributed by atoms with Crippen LogP contribution in [0.4, 0.5) is 15.0 Å². The Morgan fingerprint density at radius 3 is 2.49 bits per heavy atom. The number of anilines is 1. The highest BCUT2D eigenvalue weighted by molar-refractivity contribution is 6.35. The van der Waals surface area contributed by atoms with Crippen LogP contribution >= 0.6 is 11.6 Å². The molecule has 1 N–H and O–H groups in total. The topological polar surface area (TPSA) is 91.3 Å². The standard InChI is InChI=1S/C36H43ClFN5O4/c1-21(2)41(6)14-9-15-46-34-39-32-28(18-29(37)30(31(32)38)27-17-25(44)16-22-10-7-8-11-26(22)27)33(40-34)42-19-23-12-13-24(20-42)43(23)35(45)47-36(3,4)5/h7-8,10-11,16-18,21,23-24,44H,9,12-15,19-20H2,1-6H3. The average Bonchev–Trinajstić information content (AvgIpc) is 3.27. The molecular weight excluding hydrogens is 621 g/mol. The van der Waals surface area contributed by atoms with Crippen LogP contribution in [-0.2, 0) is 4.74 Å². The number of carbonyl (C=O) groups excluding carboxylic acids is 1. The average molecular weight is 664 g/mol. The van der Waals surface area contributed by atoms with Crippen LogP contribution in [0.2, 0.25) is 5.02 Å². The van der Waals surface area contributed by atoms with Crippen LogP contribution in [0.5, 0.6) is 11.8 Å². The summed E-state index contributed by atoms with van der Waals surface area (Å²) in [6.07, 6.45) is 2.10. The number of nitrogens with zero attached hydrogens (tertiary/aromatic N) is 5. The minimum absolute atomic E-state index is 0.00589. The number of carbonyl (C=O) groups is 1. The highest BCUT2D eigenvalue weighted by Crippen LogP contribution is 2.43. The van der Waals surface area contributed by atoms with Gasteiger partial charge < -0.3 is 24.4 Å². The maximum absolute atomic E-state index is 16.9. The van der Waals surface area contributed by atoms with Crippen molar-refractivity contribution in [1.82, 2.24) is 19.8 Å². The van der Waals surface area contributed by atoms with E-state index in [1.54, 1.807) is 12.1 Å². The van der Waals surface area contributed by atoms with Crippen LogP contribution in [0.3, 0.4) is 0 Å². The Morgan fingerprint density at radius 1 is 1.11 bits per heavy atom. The summed E-state index contributed by atoms with van der Waals surface area (Å²) in [6, 6.07) is 12.6. The SMILES string of the molecule is CC(C)N(C)CCCOc1nc(N2CC3CCC(C2)N3C(=O)OC(C)(C)C)c2cc(Cl)c(-c3cc(O)cc4ccccc34)c(F)c2n1. The van der Waals surface area contributed by atoms with Gasteiger partial charge in [0.2, 0.25) is 0 Å². The zero-order valence-corrected chi connectivity index (χ0v) is 28.6. The monoisotopic (exact) mass is 663 g/mol. The molecule has 0 aliphatic carbocycles. The molecule has 9 nitrogen and oxygen atoms in total. The molecule has 1 aromatic heterocycles. The molecule has 3 aromatic carbocycles. The van der Waals surface area contributed by atoms with Gasteiger partial charge in [-0.1, -0.05) is 35.9 Å². The first-order valence-electron chi connectivity index (χ1n) is 16.3. The number of benzene rings is 3. The Balaban J connectivity index is 1.41. The Kier molecular flexibility index (Phi) is 9.11. The molecule has 2 unspecified atom stereocenters. The van der Waals surface area contributed by atoms with Crippen molar-refractivity contribution in [2.75, 3.05) is 38.2 Å². The van der Waals surface area contributed by atoms with Crippen molar-refractivity contribution >= 4 is 45.2 Å². The lowest BCUT2D eigenvalue weighted by Crippen LogP contribution is -2.57. The summed E-state index contributed by atoms with van der Waals surface area (Å²) in [5.74, 6) is -0.101. The molecular formula is C36H43ClFN5O4. The van der Waals surface area contributed by atoms with Crippen molar-refractivity contribution in [3.05, 3.63) is 53.3 Å². The Hall–Kier alpha value is -3.89. The third kappa shape index (κ3) is 6.76. The molecule has 250 valence electrons. The first-order valence-corrected chi connectivity index (χ1v) is 16.7. The number of amides is 1. The fourth-order valence-corrected chi connectivity index (χ4v) is 6.93. The van der Waals surface area contributed by atoms with Gasteiger partial charge in [-0.25, -0.2) is 9.18 Å². The molecule has 2 aliphatic heterocycles. The van der Waals surface area contributed by atoms with Gasteiger partial charge in [-0.15, -0.1) is 0 Å². The molecule has 4 aromatic rings. The minimum Gasteiger partial charge on any atom is -0.508 e. The fourth-order valence-electron chi connectivity index (χ4n) is 6.64. The van der Waals surface area contributed by atoms with E-state index in [4.69, 9.17) is 26.1 Å². The van der Waals surface area contributed by atoms with Gasteiger partial charge in [-0.05, 0) is 95.5 Å². The van der Waals surface area contributed by atoms with Gasteiger partial charge in [-0.2, -0.15) is 9.97 Å². The molecule has 2 saturated heterocycles. The van der Waals surface area contributed by atoms with E-state index in [0.717, 1.165) is 36.6 Å². The highest BCUT2D eigenvalue weighted by Gasteiger charge is 2.45. The van der Waals surface area contributed by atoms with E-state index in [0.29, 0.717) is 42.5 Å². The van der Waals surface area contributed by atoms with E-state index in [9.17, 15) is 9.90 Å². The quantitative estimate of drug-likeness (QED) is 0.192. The summed E-state index contributed by atoms with van der Waals surface area (Å²) < 4.78 is 28.7. The number of aromatic nitrogens is 2. The van der Waals surface area contributed by atoms with Crippen molar-refractivity contribution in [2.24, 2.45) is 0 Å². The maximum atomic E-state index is 16.9. The molecule has 0 saturated carbocycles. The Morgan fingerprint density at radius 2 is 1.81 bits per heavy atom. The molecule has 11 heteroatoms. The number of hydrogen-bond acceptors (Lipinski definition) is 8. The zero-order chi connectivity index (χ0) is 33.6. The predicted octanol–water partition coefficient (Wildman–Crippen LogP) is 7.65. The maximum Gasteiger partial charge on any atom is 0.410 e. The number of phenols is 1. The second-order valence-corrected chi connectivity index (χ2v) is 14.3. The molecule has 2 atom stereocenters. The lowest BCUT2D eigenvalue weighted by atomic mass is 9.96. The van der Waals surface area contributed by atoms with Gasteiger partial charge in [0.05, 0.1) is 23.7 Å². The molecule has 0 spiro atoms. The van der Waals surface area contributed by atoms with Crippen LogP contribution in [-0.4, -0.2) is 88.0 Å². The van der Waals surface area contributed by atoms with E-state index in [-0.39, 0.29) is 46.0 Å².